The Balaban J connectivity index is 1.78. The Kier molecular flexibility index (Phi) is 3.74. The van der Waals surface area contributed by atoms with Crippen LogP contribution in [-0.4, -0.2) is 66.3 Å². The van der Waals surface area contributed by atoms with E-state index >= 15 is 0 Å². The average Bonchev–Trinajstić information content (AvgIpc) is 2.92. The highest BCUT2D eigenvalue weighted by Crippen LogP contribution is 2.33. The molecule has 1 aliphatic rings. The zero-order valence-corrected chi connectivity index (χ0v) is 14.0. The van der Waals surface area contributed by atoms with E-state index in [1.54, 1.807) is 6.20 Å². The molecular formula is C17H22N6O. The number of rotatable bonds is 3. The Bertz CT molecular complexity index is 874. The zero-order valence-electron chi connectivity index (χ0n) is 14.0. The van der Waals surface area contributed by atoms with Crippen molar-refractivity contribution in [1.29, 1.82) is 0 Å². The van der Waals surface area contributed by atoms with Gasteiger partial charge in [0.05, 0.1) is 35.5 Å². The fourth-order valence-electron chi connectivity index (χ4n) is 3.44. The predicted molar refractivity (Wildman–Crippen MR) is 96.3 cm³/mol. The highest BCUT2D eigenvalue weighted by atomic mass is 16.5. The second-order valence-corrected chi connectivity index (χ2v) is 6.53. The van der Waals surface area contributed by atoms with E-state index in [1.807, 2.05) is 12.3 Å². The minimum absolute atomic E-state index is 0.203. The highest BCUT2D eigenvalue weighted by Gasteiger charge is 2.23. The van der Waals surface area contributed by atoms with Crippen LogP contribution in [0.15, 0.2) is 24.5 Å². The molecule has 126 valence electrons. The molecule has 4 rings (SSSR count). The number of nitrogens with zero attached hydrogens (tertiary/aromatic N) is 4. The van der Waals surface area contributed by atoms with Crippen LogP contribution < -0.4 is 10.6 Å². The monoisotopic (exact) mass is 326 g/mol. The molecule has 3 N–H and O–H groups in total. The molecule has 0 spiro atoms. The first kappa shape index (κ1) is 15.2. The maximum Gasteiger partial charge on any atom is 0.140 e. The third-order valence-corrected chi connectivity index (χ3v) is 4.42. The molecule has 0 amide bonds. The number of hydrogen-bond donors (Lipinski definition) is 2. The van der Waals surface area contributed by atoms with Crippen molar-refractivity contribution in [2.75, 3.05) is 51.0 Å². The Hall–Kier alpha value is -2.38. The Labute approximate surface area is 140 Å². The van der Waals surface area contributed by atoms with Gasteiger partial charge in [-0.25, -0.2) is 9.97 Å². The number of ether oxygens (including phenoxy) is 1. The summed E-state index contributed by atoms with van der Waals surface area (Å²) in [5.74, 6) is 0.519. The van der Waals surface area contributed by atoms with Crippen LogP contribution in [0.4, 0.5) is 11.5 Å². The first-order valence-electron chi connectivity index (χ1n) is 8.15. The topological polar surface area (TPSA) is 83.3 Å². The number of fused-ring (bicyclic) bond motifs is 3. The van der Waals surface area contributed by atoms with Gasteiger partial charge in [0.25, 0.3) is 0 Å². The summed E-state index contributed by atoms with van der Waals surface area (Å²) >= 11 is 0. The fourth-order valence-corrected chi connectivity index (χ4v) is 3.44. The summed E-state index contributed by atoms with van der Waals surface area (Å²) < 4.78 is 5.90. The maximum absolute atomic E-state index is 5.90. The van der Waals surface area contributed by atoms with E-state index in [4.69, 9.17) is 10.5 Å². The molecule has 0 radical (unpaired) electrons. The van der Waals surface area contributed by atoms with E-state index in [2.05, 4.69) is 44.9 Å². The molecule has 0 bridgehead atoms. The second-order valence-electron chi connectivity index (χ2n) is 6.53. The molecule has 7 heteroatoms. The van der Waals surface area contributed by atoms with E-state index in [0.29, 0.717) is 5.82 Å². The number of nitrogens with two attached hydrogens (primary N) is 1. The number of aromatic amines is 1. The third kappa shape index (κ3) is 2.65. The van der Waals surface area contributed by atoms with Gasteiger partial charge in [0, 0.05) is 31.2 Å². The highest BCUT2D eigenvalue weighted by molar-refractivity contribution is 6.12. The molecule has 1 fully saturated rings. The maximum atomic E-state index is 5.90. The standard InChI is InChI=1S/C17H22N6O/c1-22(2)9-11-10-23(5-6-24-11)14-3-4-19-17-16(14)12-7-15(18)20-8-13(12)21-17/h3-4,7-8,11H,5-6,9-10H2,1-2H3,(H2,18,20)(H,19,21)/t11-/m0/s1. The molecule has 1 atom stereocenters. The van der Waals surface area contributed by atoms with Crippen LogP contribution in [-0.2, 0) is 4.74 Å². The number of pyridine rings is 2. The summed E-state index contributed by atoms with van der Waals surface area (Å²) in [5.41, 5.74) is 8.89. The van der Waals surface area contributed by atoms with E-state index in [9.17, 15) is 0 Å². The van der Waals surface area contributed by atoms with Crippen LogP contribution in [0.2, 0.25) is 0 Å². The average molecular weight is 326 g/mol. The van der Waals surface area contributed by atoms with Gasteiger partial charge in [-0.15, -0.1) is 0 Å². The van der Waals surface area contributed by atoms with Crippen molar-refractivity contribution in [1.82, 2.24) is 19.9 Å². The summed E-state index contributed by atoms with van der Waals surface area (Å²) in [6.07, 6.45) is 3.82. The quantitative estimate of drug-likeness (QED) is 0.758. The minimum Gasteiger partial charge on any atom is -0.384 e. The summed E-state index contributed by atoms with van der Waals surface area (Å²) in [6.45, 7) is 3.38. The Morgan fingerprint density at radius 1 is 1.42 bits per heavy atom. The molecule has 0 unspecified atom stereocenters. The summed E-state index contributed by atoms with van der Waals surface area (Å²) in [7, 11) is 4.14. The number of likely N-dealkylation sites (N-methyl/N-ethyl adjacent to an activating group) is 1. The SMILES string of the molecule is CN(C)C[C@H]1CN(c2ccnc3[nH]c4cnc(N)cc4c23)CCO1. The summed E-state index contributed by atoms with van der Waals surface area (Å²) in [6, 6.07) is 3.99. The third-order valence-electron chi connectivity index (χ3n) is 4.42. The van der Waals surface area contributed by atoms with Crippen molar-refractivity contribution < 1.29 is 4.74 Å². The van der Waals surface area contributed by atoms with Crippen molar-refractivity contribution in [3.8, 4) is 0 Å². The Morgan fingerprint density at radius 3 is 3.12 bits per heavy atom. The number of nitrogens with one attached hydrogen (secondary N) is 1. The molecular weight excluding hydrogens is 304 g/mol. The van der Waals surface area contributed by atoms with Crippen molar-refractivity contribution in [3.63, 3.8) is 0 Å². The van der Waals surface area contributed by atoms with Crippen LogP contribution in [0.25, 0.3) is 21.9 Å². The van der Waals surface area contributed by atoms with Crippen LogP contribution in [0, 0.1) is 0 Å². The molecule has 1 aliphatic heterocycles. The molecule has 4 heterocycles. The van der Waals surface area contributed by atoms with Gasteiger partial charge in [0.15, 0.2) is 0 Å². The van der Waals surface area contributed by atoms with Gasteiger partial charge in [0.2, 0.25) is 0 Å². The van der Waals surface area contributed by atoms with Crippen molar-refractivity contribution >= 4 is 33.4 Å². The van der Waals surface area contributed by atoms with Gasteiger partial charge in [-0.1, -0.05) is 0 Å². The molecule has 0 saturated carbocycles. The lowest BCUT2D eigenvalue weighted by molar-refractivity contribution is 0.0248. The second kappa shape index (κ2) is 5.92. The van der Waals surface area contributed by atoms with Crippen LogP contribution in [0.1, 0.15) is 0 Å². The molecule has 24 heavy (non-hydrogen) atoms. The van der Waals surface area contributed by atoms with E-state index in [1.165, 1.54) is 5.69 Å². The lowest BCUT2D eigenvalue weighted by atomic mass is 10.1. The summed E-state index contributed by atoms with van der Waals surface area (Å²) in [4.78, 5) is 16.5. The lowest BCUT2D eigenvalue weighted by Crippen LogP contribution is -2.46. The lowest BCUT2D eigenvalue weighted by Gasteiger charge is -2.36. The largest absolute Gasteiger partial charge is 0.384 e. The molecule has 7 nitrogen and oxygen atoms in total. The van der Waals surface area contributed by atoms with Crippen molar-refractivity contribution in [3.05, 3.63) is 24.5 Å². The van der Waals surface area contributed by atoms with Gasteiger partial charge in [0.1, 0.15) is 11.5 Å². The summed E-state index contributed by atoms with van der Waals surface area (Å²) in [5, 5.41) is 2.17. The molecule has 1 saturated heterocycles. The van der Waals surface area contributed by atoms with E-state index < -0.39 is 0 Å². The van der Waals surface area contributed by atoms with Gasteiger partial charge in [-0.05, 0) is 26.2 Å². The number of nitrogen functional groups attached to an aromatic ring is 1. The predicted octanol–water partition coefficient (Wildman–Crippen LogP) is 1.46. The van der Waals surface area contributed by atoms with E-state index in [-0.39, 0.29) is 6.10 Å². The number of anilines is 2. The van der Waals surface area contributed by atoms with Crippen molar-refractivity contribution in [2.45, 2.75) is 6.10 Å². The Morgan fingerprint density at radius 2 is 2.29 bits per heavy atom. The number of morpholine rings is 1. The number of hydrogen-bond acceptors (Lipinski definition) is 6. The number of H-pyrrole nitrogens is 1. The molecule has 0 aromatic carbocycles. The first-order chi connectivity index (χ1) is 11.6. The van der Waals surface area contributed by atoms with Gasteiger partial charge in [-0.2, -0.15) is 0 Å². The zero-order chi connectivity index (χ0) is 16.7. The van der Waals surface area contributed by atoms with Gasteiger partial charge in [-0.3, -0.25) is 0 Å². The normalized spacial score (nSPS) is 18.8. The molecule has 3 aromatic heterocycles. The van der Waals surface area contributed by atoms with Gasteiger partial charge < -0.3 is 25.3 Å². The van der Waals surface area contributed by atoms with Crippen LogP contribution in [0.3, 0.4) is 0 Å². The smallest absolute Gasteiger partial charge is 0.140 e. The minimum atomic E-state index is 0.203. The van der Waals surface area contributed by atoms with Crippen LogP contribution in [0.5, 0.6) is 0 Å². The van der Waals surface area contributed by atoms with Gasteiger partial charge >= 0.3 is 0 Å². The number of aromatic nitrogens is 3. The molecule has 0 aliphatic carbocycles. The molecule has 3 aromatic rings. The van der Waals surface area contributed by atoms with Crippen LogP contribution >= 0.6 is 0 Å². The van der Waals surface area contributed by atoms with E-state index in [0.717, 1.165) is 48.2 Å². The van der Waals surface area contributed by atoms with Crippen molar-refractivity contribution in [2.24, 2.45) is 0 Å². The fraction of sp³-hybridized carbons (Fsp3) is 0.412. The first-order valence-corrected chi connectivity index (χ1v) is 8.15.